The maximum atomic E-state index is 10.5. The molecule has 0 fully saturated rings. The van der Waals surface area contributed by atoms with Gasteiger partial charge in [-0.3, -0.25) is 4.79 Å². The molecule has 1 aromatic rings. The summed E-state index contributed by atoms with van der Waals surface area (Å²) in [6.07, 6.45) is 0.213. The van der Waals surface area contributed by atoms with E-state index in [1.807, 2.05) is 0 Å². The van der Waals surface area contributed by atoms with Crippen molar-refractivity contribution in [3.8, 4) is 0 Å². The Balaban J connectivity index is 2.91. The Hall–Kier alpha value is -0.960. The lowest BCUT2D eigenvalue weighted by Crippen LogP contribution is -2.12. The quantitative estimate of drug-likeness (QED) is 0.831. The second-order valence-electron chi connectivity index (χ2n) is 5.68. The maximum Gasteiger partial charge on any atom is 0.304 e. The van der Waals surface area contributed by atoms with Crippen LogP contribution >= 0.6 is 11.8 Å². The van der Waals surface area contributed by atoms with E-state index in [0.29, 0.717) is 5.75 Å². The van der Waals surface area contributed by atoms with E-state index in [1.165, 1.54) is 21.6 Å². The molecule has 0 saturated carbocycles. The Kier molecular flexibility index (Phi) is 4.85. The molecular formula is C15H22O2S. The van der Waals surface area contributed by atoms with Crippen molar-refractivity contribution in [1.29, 1.82) is 0 Å². The van der Waals surface area contributed by atoms with Gasteiger partial charge in [0.25, 0.3) is 0 Å². The second kappa shape index (κ2) is 5.79. The molecule has 0 bridgehead atoms. The highest BCUT2D eigenvalue weighted by Crippen LogP contribution is 2.32. The maximum absolute atomic E-state index is 10.5. The first-order valence-corrected chi connectivity index (χ1v) is 7.16. The summed E-state index contributed by atoms with van der Waals surface area (Å²) in [5, 5.41) is 8.67. The molecule has 0 unspecified atom stereocenters. The van der Waals surface area contributed by atoms with E-state index in [-0.39, 0.29) is 11.8 Å². The fraction of sp³-hybridized carbons (Fsp3) is 0.533. The molecule has 100 valence electrons. The number of hydrogen-bond donors (Lipinski definition) is 1. The van der Waals surface area contributed by atoms with E-state index in [0.717, 1.165) is 0 Å². The van der Waals surface area contributed by atoms with Crippen LogP contribution in [0.1, 0.15) is 43.9 Å². The summed E-state index contributed by atoms with van der Waals surface area (Å²) in [6, 6.07) is 4.44. The van der Waals surface area contributed by atoms with Crippen molar-refractivity contribution in [3.05, 3.63) is 28.8 Å². The lowest BCUT2D eigenvalue weighted by atomic mass is 9.85. The third-order valence-electron chi connectivity index (χ3n) is 2.89. The molecular weight excluding hydrogens is 244 g/mol. The summed E-state index contributed by atoms with van der Waals surface area (Å²) in [4.78, 5) is 11.8. The van der Waals surface area contributed by atoms with Crippen LogP contribution in [0.3, 0.4) is 0 Å². The van der Waals surface area contributed by atoms with Gasteiger partial charge in [0.15, 0.2) is 0 Å². The summed E-state index contributed by atoms with van der Waals surface area (Å²) < 4.78 is 0. The van der Waals surface area contributed by atoms with Crippen LogP contribution in [0.25, 0.3) is 0 Å². The SMILES string of the molecule is Cc1cc(C(C)(C)C)cc(C)c1SCCC(=O)O. The van der Waals surface area contributed by atoms with Gasteiger partial charge in [0.05, 0.1) is 6.42 Å². The van der Waals surface area contributed by atoms with E-state index in [2.05, 4.69) is 46.8 Å². The van der Waals surface area contributed by atoms with Crippen LogP contribution in [0.5, 0.6) is 0 Å². The van der Waals surface area contributed by atoms with E-state index >= 15 is 0 Å². The molecule has 1 N–H and O–H groups in total. The molecule has 2 nitrogen and oxygen atoms in total. The lowest BCUT2D eigenvalue weighted by molar-refractivity contribution is -0.136. The van der Waals surface area contributed by atoms with Gasteiger partial charge in [-0.1, -0.05) is 32.9 Å². The fourth-order valence-corrected chi connectivity index (χ4v) is 2.91. The summed E-state index contributed by atoms with van der Waals surface area (Å²) in [5.74, 6) is -0.101. The Bertz CT molecular complexity index is 421. The van der Waals surface area contributed by atoms with Crippen LogP contribution in [-0.4, -0.2) is 16.8 Å². The zero-order valence-electron chi connectivity index (χ0n) is 11.8. The number of benzene rings is 1. The Morgan fingerprint density at radius 3 is 2.11 bits per heavy atom. The standard InChI is InChI=1S/C15H22O2S/c1-10-8-12(15(3,4)5)9-11(2)14(10)18-7-6-13(16)17/h8-9H,6-7H2,1-5H3,(H,16,17). The Morgan fingerprint density at radius 1 is 1.22 bits per heavy atom. The lowest BCUT2D eigenvalue weighted by Gasteiger charge is -2.22. The van der Waals surface area contributed by atoms with E-state index < -0.39 is 5.97 Å². The summed E-state index contributed by atoms with van der Waals surface area (Å²) >= 11 is 1.64. The van der Waals surface area contributed by atoms with Gasteiger partial charge < -0.3 is 5.11 Å². The van der Waals surface area contributed by atoms with Gasteiger partial charge in [-0.25, -0.2) is 0 Å². The number of carbonyl (C=O) groups is 1. The van der Waals surface area contributed by atoms with Crippen molar-refractivity contribution in [2.24, 2.45) is 0 Å². The van der Waals surface area contributed by atoms with E-state index in [4.69, 9.17) is 5.11 Å². The number of hydrogen-bond acceptors (Lipinski definition) is 2. The molecule has 0 aliphatic heterocycles. The second-order valence-corrected chi connectivity index (χ2v) is 6.79. The minimum atomic E-state index is -0.732. The minimum Gasteiger partial charge on any atom is -0.481 e. The average Bonchev–Trinajstić information content (AvgIpc) is 2.20. The minimum absolute atomic E-state index is 0.153. The fourth-order valence-electron chi connectivity index (χ4n) is 1.85. The highest BCUT2D eigenvalue weighted by molar-refractivity contribution is 7.99. The number of carboxylic acids is 1. The predicted molar refractivity (Wildman–Crippen MR) is 77.6 cm³/mol. The Morgan fingerprint density at radius 2 is 1.72 bits per heavy atom. The van der Waals surface area contributed by atoms with Gasteiger partial charge in [0.1, 0.15) is 0 Å². The largest absolute Gasteiger partial charge is 0.481 e. The molecule has 0 heterocycles. The normalized spacial score (nSPS) is 11.6. The van der Waals surface area contributed by atoms with Crippen molar-refractivity contribution in [2.45, 2.75) is 51.3 Å². The third kappa shape index (κ3) is 4.05. The molecule has 0 aliphatic carbocycles. The number of aliphatic carboxylic acids is 1. The molecule has 0 amide bonds. The number of thioether (sulfide) groups is 1. The molecule has 0 radical (unpaired) electrons. The van der Waals surface area contributed by atoms with Crippen molar-refractivity contribution < 1.29 is 9.90 Å². The van der Waals surface area contributed by atoms with Gasteiger partial charge in [0.2, 0.25) is 0 Å². The topological polar surface area (TPSA) is 37.3 Å². The molecule has 3 heteroatoms. The van der Waals surface area contributed by atoms with Crippen LogP contribution in [0.2, 0.25) is 0 Å². The highest BCUT2D eigenvalue weighted by Gasteiger charge is 2.16. The average molecular weight is 266 g/mol. The van der Waals surface area contributed by atoms with Crippen LogP contribution < -0.4 is 0 Å². The first-order valence-electron chi connectivity index (χ1n) is 6.18. The predicted octanol–water partition coefficient (Wildman–Crippen LogP) is 4.17. The van der Waals surface area contributed by atoms with Crippen molar-refractivity contribution in [3.63, 3.8) is 0 Å². The zero-order valence-corrected chi connectivity index (χ0v) is 12.6. The molecule has 0 aromatic heterocycles. The van der Waals surface area contributed by atoms with E-state index in [1.54, 1.807) is 11.8 Å². The number of rotatable bonds is 4. The molecule has 1 rings (SSSR count). The smallest absolute Gasteiger partial charge is 0.304 e. The van der Waals surface area contributed by atoms with Gasteiger partial charge in [0, 0.05) is 10.6 Å². The molecule has 1 aromatic carbocycles. The van der Waals surface area contributed by atoms with Gasteiger partial charge in [-0.05, 0) is 36.0 Å². The van der Waals surface area contributed by atoms with E-state index in [9.17, 15) is 4.79 Å². The first kappa shape index (κ1) is 15.1. The zero-order chi connectivity index (χ0) is 13.9. The van der Waals surface area contributed by atoms with Crippen LogP contribution in [0.15, 0.2) is 17.0 Å². The summed E-state index contributed by atoms with van der Waals surface area (Å²) in [6.45, 7) is 10.8. The molecule has 0 atom stereocenters. The van der Waals surface area contributed by atoms with Crippen LogP contribution in [0.4, 0.5) is 0 Å². The first-order chi connectivity index (χ1) is 8.21. The summed E-state index contributed by atoms with van der Waals surface area (Å²) in [7, 11) is 0. The van der Waals surface area contributed by atoms with Crippen molar-refractivity contribution in [1.82, 2.24) is 0 Å². The third-order valence-corrected chi connectivity index (χ3v) is 4.23. The van der Waals surface area contributed by atoms with Gasteiger partial charge in [-0.15, -0.1) is 11.8 Å². The van der Waals surface area contributed by atoms with Crippen molar-refractivity contribution >= 4 is 17.7 Å². The number of carboxylic acid groups (broad SMARTS) is 1. The molecule has 0 saturated heterocycles. The molecule has 0 aliphatic rings. The van der Waals surface area contributed by atoms with Gasteiger partial charge in [-0.2, -0.15) is 0 Å². The summed E-state index contributed by atoms with van der Waals surface area (Å²) in [5.41, 5.74) is 3.98. The van der Waals surface area contributed by atoms with Crippen molar-refractivity contribution in [2.75, 3.05) is 5.75 Å². The van der Waals surface area contributed by atoms with Gasteiger partial charge >= 0.3 is 5.97 Å². The highest BCUT2D eigenvalue weighted by atomic mass is 32.2. The molecule has 18 heavy (non-hydrogen) atoms. The van der Waals surface area contributed by atoms with Crippen LogP contribution in [-0.2, 0) is 10.2 Å². The molecule has 0 spiro atoms. The monoisotopic (exact) mass is 266 g/mol. The Labute approximate surface area is 114 Å². The number of aryl methyl sites for hydroxylation is 2. The van der Waals surface area contributed by atoms with Crippen LogP contribution in [0, 0.1) is 13.8 Å².